The molecular weight excluding hydrogens is 659 g/mol. The minimum atomic E-state index is -2.35. The highest BCUT2D eigenvalue weighted by Crippen LogP contribution is 2.29. The number of nitrogens with zero attached hydrogens (tertiary/aromatic N) is 1. The van der Waals surface area contributed by atoms with Gasteiger partial charge in [0, 0.05) is 38.3 Å². The minimum Gasteiger partial charge on any atom is -0.419 e. The second kappa shape index (κ2) is 19.5. The van der Waals surface area contributed by atoms with Gasteiger partial charge in [0.2, 0.25) is 40.7 Å². The lowest BCUT2D eigenvalue weighted by molar-refractivity contribution is -0.137. The van der Waals surface area contributed by atoms with Gasteiger partial charge in [-0.15, -0.1) is 0 Å². The maximum atomic E-state index is 14.4. The largest absolute Gasteiger partial charge is 0.419 e. The zero-order chi connectivity index (χ0) is 36.0. The van der Waals surface area contributed by atoms with Crippen LogP contribution in [0.1, 0.15) is 37.8 Å². The lowest BCUT2D eigenvalue weighted by Gasteiger charge is -2.29. The van der Waals surface area contributed by atoms with Crippen molar-refractivity contribution >= 4 is 11.9 Å². The van der Waals surface area contributed by atoms with Crippen molar-refractivity contribution in [3.63, 3.8) is 0 Å². The molecule has 1 saturated heterocycles. The highest BCUT2D eigenvalue weighted by molar-refractivity contribution is 5.79. The summed E-state index contributed by atoms with van der Waals surface area (Å²) in [5.41, 5.74) is 1.81. The molecule has 0 saturated carbocycles. The predicted octanol–water partition coefficient (Wildman–Crippen LogP) is 4.94. The number of benzene rings is 3. The quantitative estimate of drug-likeness (QED) is 0.0569. The summed E-state index contributed by atoms with van der Waals surface area (Å²) in [6, 6.07) is 17.0. The molecule has 0 unspecified atom stereocenters. The standard InChI is InChI=1S/C37H45F5N4O4/c1-24(2)19-28(43-21-27(14-13-25-9-5-3-6-10-25)45-30(47)23-46-15-17-49-18-16-46)22-44-29(20-26-11-7-4-8-12-26)37(48)50-36-34(41)32(39)31(38)33(40)35(36)42/h3-12,24,27-29,43-44H,13-23H2,1-2H3,(H,45,47)/t27-,28-,29-/m0/s1. The summed E-state index contributed by atoms with van der Waals surface area (Å²) < 4.78 is 80.4. The molecule has 3 aromatic carbocycles. The first-order chi connectivity index (χ1) is 24.0. The lowest BCUT2D eigenvalue weighted by atomic mass is 10.0. The van der Waals surface area contributed by atoms with Gasteiger partial charge in [-0.2, -0.15) is 8.78 Å². The fourth-order valence-corrected chi connectivity index (χ4v) is 5.78. The summed E-state index contributed by atoms with van der Waals surface area (Å²) in [5.74, 6) is -14.0. The van der Waals surface area contributed by atoms with E-state index < -0.39 is 46.8 Å². The van der Waals surface area contributed by atoms with E-state index in [0.717, 1.165) is 12.0 Å². The molecule has 13 heteroatoms. The Balaban J connectivity index is 1.46. The van der Waals surface area contributed by atoms with Crippen LogP contribution in [0.2, 0.25) is 0 Å². The Morgan fingerprint density at radius 3 is 1.94 bits per heavy atom. The number of amides is 1. The zero-order valence-corrected chi connectivity index (χ0v) is 28.3. The van der Waals surface area contributed by atoms with E-state index in [1.807, 2.05) is 49.1 Å². The van der Waals surface area contributed by atoms with E-state index in [1.54, 1.807) is 30.3 Å². The molecule has 1 amide bonds. The van der Waals surface area contributed by atoms with Crippen molar-refractivity contribution < 1.29 is 41.0 Å². The summed E-state index contributed by atoms with van der Waals surface area (Å²) in [4.78, 5) is 28.4. The van der Waals surface area contributed by atoms with Crippen molar-refractivity contribution in [3.8, 4) is 5.75 Å². The Labute approximate surface area is 289 Å². The number of esters is 1. The third-order valence-electron chi connectivity index (χ3n) is 8.42. The average Bonchev–Trinajstić information content (AvgIpc) is 3.12. The maximum Gasteiger partial charge on any atom is 0.329 e. The molecule has 0 aliphatic carbocycles. The number of halogens is 5. The summed E-state index contributed by atoms with van der Waals surface area (Å²) in [7, 11) is 0. The van der Waals surface area contributed by atoms with Gasteiger partial charge in [-0.25, -0.2) is 18.0 Å². The summed E-state index contributed by atoms with van der Waals surface area (Å²) in [5, 5.41) is 9.79. The molecule has 1 aliphatic heterocycles. The molecule has 1 aliphatic rings. The molecule has 0 spiro atoms. The Kier molecular flexibility index (Phi) is 15.1. The normalized spacial score (nSPS) is 15.4. The van der Waals surface area contributed by atoms with Gasteiger partial charge in [-0.3, -0.25) is 9.69 Å². The highest BCUT2D eigenvalue weighted by atomic mass is 19.2. The van der Waals surface area contributed by atoms with Crippen molar-refractivity contribution in [2.24, 2.45) is 5.92 Å². The number of aryl methyl sites for hydroxylation is 1. The molecule has 3 atom stereocenters. The number of hydrogen-bond acceptors (Lipinski definition) is 7. The van der Waals surface area contributed by atoms with Gasteiger partial charge in [0.1, 0.15) is 6.04 Å². The van der Waals surface area contributed by atoms with Crippen LogP contribution in [0, 0.1) is 35.0 Å². The van der Waals surface area contributed by atoms with Crippen LogP contribution in [0.5, 0.6) is 5.75 Å². The summed E-state index contributed by atoms with van der Waals surface area (Å²) in [6.07, 6.45) is 2.07. The Hall–Kier alpha value is -3.91. The van der Waals surface area contributed by atoms with Crippen LogP contribution in [-0.2, 0) is 27.2 Å². The number of ether oxygens (including phenoxy) is 2. The van der Waals surface area contributed by atoms with Crippen molar-refractivity contribution in [2.45, 2.75) is 57.7 Å². The highest BCUT2D eigenvalue weighted by Gasteiger charge is 2.31. The summed E-state index contributed by atoms with van der Waals surface area (Å²) in [6.45, 7) is 7.45. The molecule has 8 nitrogen and oxygen atoms in total. The first-order valence-corrected chi connectivity index (χ1v) is 16.9. The van der Waals surface area contributed by atoms with Crippen LogP contribution in [0.15, 0.2) is 60.7 Å². The second-order valence-electron chi connectivity index (χ2n) is 12.9. The van der Waals surface area contributed by atoms with Crippen LogP contribution < -0.4 is 20.7 Å². The molecule has 1 fully saturated rings. The van der Waals surface area contributed by atoms with Crippen LogP contribution in [0.3, 0.4) is 0 Å². The first kappa shape index (κ1) is 38.9. The van der Waals surface area contributed by atoms with Gasteiger partial charge in [0.25, 0.3) is 0 Å². The van der Waals surface area contributed by atoms with E-state index in [2.05, 4.69) is 16.0 Å². The molecule has 272 valence electrons. The fourth-order valence-electron chi connectivity index (χ4n) is 5.78. The van der Waals surface area contributed by atoms with E-state index in [9.17, 15) is 31.5 Å². The number of carbonyl (C=O) groups excluding carboxylic acids is 2. The van der Waals surface area contributed by atoms with E-state index in [0.29, 0.717) is 51.3 Å². The topological polar surface area (TPSA) is 91.9 Å². The Bertz CT molecular complexity index is 1500. The van der Waals surface area contributed by atoms with Gasteiger partial charge < -0.3 is 25.4 Å². The summed E-state index contributed by atoms with van der Waals surface area (Å²) >= 11 is 0. The number of morpholine rings is 1. The SMILES string of the molecule is CC(C)C[C@@H](CN[C@@H](Cc1ccccc1)C(=O)Oc1c(F)c(F)c(F)c(F)c1F)NC[C@H](CCc1ccccc1)NC(=O)CN1CCOCC1. The molecule has 3 aromatic rings. The third-order valence-corrected chi connectivity index (χ3v) is 8.42. The van der Waals surface area contributed by atoms with Crippen molar-refractivity contribution in [1.29, 1.82) is 0 Å². The number of nitrogens with one attached hydrogen (secondary N) is 3. The van der Waals surface area contributed by atoms with Gasteiger partial charge in [-0.05, 0) is 42.7 Å². The minimum absolute atomic E-state index is 0.0146. The van der Waals surface area contributed by atoms with Crippen LogP contribution in [-0.4, -0.2) is 80.8 Å². The van der Waals surface area contributed by atoms with E-state index in [-0.39, 0.29) is 43.4 Å². The molecule has 3 N–H and O–H groups in total. The molecule has 1 heterocycles. The monoisotopic (exact) mass is 704 g/mol. The van der Waals surface area contributed by atoms with E-state index >= 15 is 0 Å². The zero-order valence-electron chi connectivity index (χ0n) is 28.3. The van der Waals surface area contributed by atoms with Crippen molar-refractivity contribution in [1.82, 2.24) is 20.9 Å². The Morgan fingerprint density at radius 1 is 0.780 bits per heavy atom. The van der Waals surface area contributed by atoms with Gasteiger partial charge in [0.15, 0.2) is 0 Å². The molecule has 0 bridgehead atoms. The van der Waals surface area contributed by atoms with Crippen LogP contribution in [0.4, 0.5) is 22.0 Å². The van der Waals surface area contributed by atoms with Crippen LogP contribution in [0.25, 0.3) is 0 Å². The van der Waals surface area contributed by atoms with Crippen molar-refractivity contribution in [2.75, 3.05) is 45.9 Å². The number of hydrogen-bond donors (Lipinski definition) is 3. The molecule has 0 aromatic heterocycles. The fraction of sp³-hybridized carbons (Fsp3) is 0.459. The smallest absolute Gasteiger partial charge is 0.329 e. The molecule has 0 radical (unpaired) electrons. The van der Waals surface area contributed by atoms with Crippen molar-refractivity contribution in [3.05, 3.63) is 101 Å². The van der Waals surface area contributed by atoms with Crippen LogP contribution >= 0.6 is 0 Å². The van der Waals surface area contributed by atoms with Gasteiger partial charge >= 0.3 is 5.97 Å². The molecular formula is C37H45F5N4O4. The van der Waals surface area contributed by atoms with E-state index in [4.69, 9.17) is 9.47 Å². The third kappa shape index (κ3) is 11.9. The van der Waals surface area contributed by atoms with Gasteiger partial charge in [-0.1, -0.05) is 74.5 Å². The van der Waals surface area contributed by atoms with E-state index in [1.165, 1.54) is 0 Å². The second-order valence-corrected chi connectivity index (χ2v) is 12.9. The average molecular weight is 705 g/mol. The predicted molar refractivity (Wildman–Crippen MR) is 179 cm³/mol. The first-order valence-electron chi connectivity index (χ1n) is 16.9. The Morgan fingerprint density at radius 2 is 1.34 bits per heavy atom. The number of rotatable bonds is 18. The lowest BCUT2D eigenvalue weighted by Crippen LogP contribution is -2.52. The van der Waals surface area contributed by atoms with Gasteiger partial charge in [0.05, 0.1) is 19.8 Å². The molecule has 50 heavy (non-hydrogen) atoms. The molecule has 4 rings (SSSR count). The number of carbonyl (C=O) groups is 2. The maximum absolute atomic E-state index is 14.4.